The van der Waals surface area contributed by atoms with Crippen LogP contribution in [0.5, 0.6) is 0 Å². The van der Waals surface area contributed by atoms with E-state index >= 15 is 0 Å². The summed E-state index contributed by atoms with van der Waals surface area (Å²) in [4.78, 5) is 11.1. The number of carbonyl (C=O) groups is 1. The van der Waals surface area contributed by atoms with E-state index in [-0.39, 0.29) is 0 Å². The van der Waals surface area contributed by atoms with E-state index in [0.29, 0.717) is 5.56 Å². The minimum absolute atomic E-state index is 0.450. The summed E-state index contributed by atoms with van der Waals surface area (Å²) in [6, 6.07) is 0. The first kappa shape index (κ1) is 11.5. The van der Waals surface area contributed by atoms with Crippen molar-refractivity contribution in [3.8, 4) is 0 Å². The van der Waals surface area contributed by atoms with Crippen molar-refractivity contribution in [2.45, 2.75) is 27.7 Å². The van der Waals surface area contributed by atoms with Crippen LogP contribution in [0.4, 0.5) is 0 Å². The maximum absolute atomic E-state index is 11.1. The Kier molecular flexibility index (Phi) is 3.19. The monoisotopic (exact) mass is 304 g/mol. The number of aromatic carboxylic acids is 1. The number of halogens is 1. The van der Waals surface area contributed by atoms with Crippen LogP contribution in [-0.2, 0) is 0 Å². The zero-order chi connectivity index (χ0) is 11.0. The largest absolute Gasteiger partial charge is 0.478 e. The number of carboxylic acid groups (broad SMARTS) is 1. The molecule has 0 radical (unpaired) electrons. The molecule has 3 heteroatoms. The van der Waals surface area contributed by atoms with Gasteiger partial charge in [0.2, 0.25) is 0 Å². The topological polar surface area (TPSA) is 37.3 Å². The van der Waals surface area contributed by atoms with Gasteiger partial charge >= 0.3 is 5.97 Å². The third kappa shape index (κ3) is 1.65. The third-order valence-electron chi connectivity index (χ3n) is 2.83. The van der Waals surface area contributed by atoms with Gasteiger partial charge in [-0.25, -0.2) is 4.79 Å². The molecule has 1 aromatic rings. The van der Waals surface area contributed by atoms with Crippen LogP contribution in [0.2, 0.25) is 0 Å². The molecule has 0 aromatic heterocycles. The van der Waals surface area contributed by atoms with E-state index in [4.69, 9.17) is 5.11 Å². The average Bonchev–Trinajstić information content (AvgIpc) is 2.11. The van der Waals surface area contributed by atoms with Gasteiger partial charge in [0.15, 0.2) is 0 Å². The van der Waals surface area contributed by atoms with Crippen LogP contribution in [0.15, 0.2) is 0 Å². The van der Waals surface area contributed by atoms with Gasteiger partial charge in [-0.2, -0.15) is 0 Å². The minimum Gasteiger partial charge on any atom is -0.478 e. The van der Waals surface area contributed by atoms with E-state index in [1.807, 2.05) is 27.7 Å². The summed E-state index contributed by atoms with van der Waals surface area (Å²) in [6.45, 7) is 7.84. The van der Waals surface area contributed by atoms with Crippen molar-refractivity contribution in [3.63, 3.8) is 0 Å². The van der Waals surface area contributed by atoms with E-state index in [1.54, 1.807) is 0 Å². The predicted molar refractivity (Wildman–Crippen MR) is 65.1 cm³/mol. The average molecular weight is 304 g/mol. The van der Waals surface area contributed by atoms with Crippen LogP contribution in [0.25, 0.3) is 0 Å². The van der Waals surface area contributed by atoms with Crippen molar-refractivity contribution in [1.82, 2.24) is 0 Å². The van der Waals surface area contributed by atoms with Gasteiger partial charge < -0.3 is 5.11 Å². The van der Waals surface area contributed by atoms with E-state index in [0.717, 1.165) is 20.3 Å². The summed E-state index contributed by atoms with van der Waals surface area (Å²) >= 11 is 2.11. The maximum atomic E-state index is 11.1. The Bertz CT molecular complexity index is 379. The molecule has 14 heavy (non-hydrogen) atoms. The summed E-state index contributed by atoms with van der Waals surface area (Å²) in [5, 5.41) is 9.08. The Labute approximate surface area is 97.5 Å². The van der Waals surface area contributed by atoms with Crippen molar-refractivity contribution in [2.75, 3.05) is 0 Å². The first-order valence-corrected chi connectivity index (χ1v) is 5.45. The molecule has 1 rings (SSSR count). The van der Waals surface area contributed by atoms with E-state index < -0.39 is 5.97 Å². The second kappa shape index (κ2) is 3.88. The lowest BCUT2D eigenvalue weighted by Crippen LogP contribution is -2.08. The number of carboxylic acids is 1. The number of rotatable bonds is 1. The van der Waals surface area contributed by atoms with Crippen LogP contribution in [-0.4, -0.2) is 11.1 Å². The molecule has 0 unspecified atom stereocenters. The summed E-state index contributed by atoms with van der Waals surface area (Å²) in [6.07, 6.45) is 0. The van der Waals surface area contributed by atoms with Gasteiger partial charge in [-0.05, 0) is 72.5 Å². The van der Waals surface area contributed by atoms with Crippen molar-refractivity contribution >= 4 is 28.6 Å². The first-order chi connectivity index (χ1) is 6.37. The highest BCUT2D eigenvalue weighted by molar-refractivity contribution is 14.1. The van der Waals surface area contributed by atoms with Gasteiger partial charge in [-0.15, -0.1) is 0 Å². The van der Waals surface area contributed by atoms with Crippen LogP contribution < -0.4 is 0 Å². The lowest BCUT2D eigenvalue weighted by Gasteiger charge is -2.14. The fourth-order valence-corrected chi connectivity index (χ4v) is 2.56. The SMILES string of the molecule is Cc1c(C)c(C)c(C(=O)O)c(I)c1C. The minimum atomic E-state index is -0.835. The summed E-state index contributed by atoms with van der Waals surface area (Å²) in [5.74, 6) is -0.835. The Balaban J connectivity index is 3.68. The van der Waals surface area contributed by atoms with Gasteiger partial charge in [0.25, 0.3) is 0 Å². The molecule has 0 saturated carbocycles. The highest BCUT2D eigenvalue weighted by atomic mass is 127. The standard InChI is InChI=1S/C11H13IO2/c1-5-6(2)8(4)10(12)9(7(5)3)11(13)14/h1-4H3,(H,13,14). The molecule has 0 aliphatic heterocycles. The molecule has 0 amide bonds. The molecule has 2 nitrogen and oxygen atoms in total. The lowest BCUT2D eigenvalue weighted by molar-refractivity contribution is 0.0694. The third-order valence-corrected chi connectivity index (χ3v) is 4.17. The highest BCUT2D eigenvalue weighted by Crippen LogP contribution is 2.27. The van der Waals surface area contributed by atoms with Crippen LogP contribution >= 0.6 is 22.6 Å². The number of hydrogen-bond acceptors (Lipinski definition) is 1. The Morgan fingerprint density at radius 2 is 1.43 bits per heavy atom. The van der Waals surface area contributed by atoms with Gasteiger partial charge in [-0.3, -0.25) is 0 Å². The second-order valence-corrected chi connectivity index (χ2v) is 4.57. The van der Waals surface area contributed by atoms with Crippen LogP contribution in [0, 0.1) is 31.3 Å². The molecule has 1 N–H and O–H groups in total. The van der Waals surface area contributed by atoms with Crippen LogP contribution in [0.3, 0.4) is 0 Å². The van der Waals surface area contributed by atoms with E-state index in [1.165, 1.54) is 5.56 Å². The van der Waals surface area contributed by atoms with Gasteiger partial charge in [0, 0.05) is 3.57 Å². The predicted octanol–water partition coefficient (Wildman–Crippen LogP) is 3.22. The number of hydrogen-bond donors (Lipinski definition) is 1. The molecule has 0 bridgehead atoms. The van der Waals surface area contributed by atoms with Crippen LogP contribution in [0.1, 0.15) is 32.6 Å². The quantitative estimate of drug-likeness (QED) is 0.809. The molecule has 0 heterocycles. The summed E-state index contributed by atoms with van der Waals surface area (Å²) in [5.41, 5.74) is 4.68. The smallest absolute Gasteiger partial charge is 0.337 e. The Morgan fingerprint density at radius 1 is 1.00 bits per heavy atom. The van der Waals surface area contributed by atoms with Crippen molar-refractivity contribution in [2.24, 2.45) is 0 Å². The van der Waals surface area contributed by atoms with Crippen molar-refractivity contribution in [3.05, 3.63) is 31.4 Å². The molecule has 76 valence electrons. The van der Waals surface area contributed by atoms with Gasteiger partial charge in [0.1, 0.15) is 0 Å². The second-order valence-electron chi connectivity index (χ2n) is 3.49. The Morgan fingerprint density at radius 3 is 1.86 bits per heavy atom. The van der Waals surface area contributed by atoms with E-state index in [2.05, 4.69) is 22.6 Å². The lowest BCUT2D eigenvalue weighted by atomic mass is 9.95. The molecule has 0 fully saturated rings. The number of benzene rings is 1. The summed E-state index contributed by atoms with van der Waals surface area (Å²) in [7, 11) is 0. The van der Waals surface area contributed by atoms with Crippen molar-refractivity contribution < 1.29 is 9.90 Å². The van der Waals surface area contributed by atoms with E-state index in [9.17, 15) is 4.79 Å². The zero-order valence-corrected chi connectivity index (χ0v) is 10.9. The molecule has 0 atom stereocenters. The van der Waals surface area contributed by atoms with Gasteiger partial charge in [0.05, 0.1) is 5.56 Å². The highest BCUT2D eigenvalue weighted by Gasteiger charge is 2.17. The molecule has 0 spiro atoms. The fraction of sp³-hybridized carbons (Fsp3) is 0.364. The maximum Gasteiger partial charge on any atom is 0.337 e. The zero-order valence-electron chi connectivity index (χ0n) is 8.73. The molecule has 0 aliphatic carbocycles. The molecular formula is C11H13IO2. The van der Waals surface area contributed by atoms with Crippen molar-refractivity contribution in [1.29, 1.82) is 0 Å². The fourth-order valence-electron chi connectivity index (χ4n) is 1.52. The Hall–Kier alpha value is -0.580. The molecule has 0 saturated heterocycles. The normalized spacial score (nSPS) is 10.4. The molecular weight excluding hydrogens is 291 g/mol. The summed E-state index contributed by atoms with van der Waals surface area (Å²) < 4.78 is 0.857. The first-order valence-electron chi connectivity index (χ1n) is 4.37. The molecule has 0 aliphatic rings. The van der Waals surface area contributed by atoms with Gasteiger partial charge in [-0.1, -0.05) is 0 Å². The molecule has 1 aromatic carbocycles.